The lowest BCUT2D eigenvalue weighted by molar-refractivity contribution is 0.388. The number of hydrogen-bond acceptors (Lipinski definition) is 8. The normalized spacial score (nSPS) is 21.5. The van der Waals surface area contributed by atoms with Crippen molar-refractivity contribution < 1.29 is 0 Å². The number of anilines is 2. The SMILES string of the molecule is CN(C)CC[C@@H]1CSC(c2cc3cc(Cl)cc(N(C4CCCC4)N(c4cc(Cl)cc5cc(C6=N[C@H](CCN(C)C)CS6)[nH]c45)C4CCCC4)c3[nH]2)=N1. The fraction of sp³-hybridized carbons (Fsp3) is 0.550. The average Bonchev–Trinajstić information content (AvgIpc) is 3.95. The van der Waals surface area contributed by atoms with Crippen LogP contribution in [0.4, 0.5) is 11.4 Å². The molecule has 2 aromatic heterocycles. The number of aliphatic imine (C=N–C) groups is 2. The number of nitrogens with zero attached hydrogens (tertiary/aromatic N) is 6. The quantitative estimate of drug-likeness (QED) is 0.132. The van der Waals surface area contributed by atoms with E-state index in [4.69, 9.17) is 33.2 Å². The molecule has 0 amide bonds. The highest BCUT2D eigenvalue weighted by molar-refractivity contribution is 8.15. The van der Waals surface area contributed by atoms with Crippen molar-refractivity contribution in [3.8, 4) is 0 Å². The van der Waals surface area contributed by atoms with Gasteiger partial charge in [0.1, 0.15) is 10.1 Å². The van der Waals surface area contributed by atoms with Crippen LogP contribution < -0.4 is 10.0 Å². The highest BCUT2D eigenvalue weighted by Crippen LogP contribution is 2.44. The molecular weight excluding hydrogens is 728 g/mol. The van der Waals surface area contributed by atoms with Gasteiger partial charge in [0.2, 0.25) is 0 Å². The number of aromatic nitrogens is 2. The highest BCUT2D eigenvalue weighted by Gasteiger charge is 2.37. The zero-order valence-corrected chi connectivity index (χ0v) is 34.1. The predicted octanol–water partition coefficient (Wildman–Crippen LogP) is 9.70. The van der Waals surface area contributed by atoms with Crippen molar-refractivity contribution in [3.63, 3.8) is 0 Å². The molecule has 2 N–H and O–H groups in total. The molecule has 0 radical (unpaired) electrons. The van der Waals surface area contributed by atoms with Gasteiger partial charge in [0, 0.05) is 32.3 Å². The van der Waals surface area contributed by atoms with E-state index >= 15 is 0 Å². The summed E-state index contributed by atoms with van der Waals surface area (Å²) in [5.74, 6) is 2.06. The Kier molecular flexibility index (Phi) is 11.1. The molecule has 8 nitrogen and oxygen atoms in total. The summed E-state index contributed by atoms with van der Waals surface area (Å²) in [4.78, 5) is 22.6. The van der Waals surface area contributed by atoms with Gasteiger partial charge in [-0.15, -0.1) is 23.5 Å². The second-order valence-electron chi connectivity index (χ2n) is 15.7. The minimum atomic E-state index is 0.346. The van der Waals surface area contributed by atoms with Crippen molar-refractivity contribution in [1.29, 1.82) is 0 Å². The van der Waals surface area contributed by atoms with Gasteiger partial charge in [-0.1, -0.05) is 48.9 Å². The van der Waals surface area contributed by atoms with Gasteiger partial charge in [-0.05, 0) is 116 Å². The zero-order chi connectivity index (χ0) is 35.9. The molecule has 2 fully saturated rings. The molecule has 4 aromatic rings. The molecule has 278 valence electrons. The topological polar surface area (TPSA) is 69.3 Å². The zero-order valence-electron chi connectivity index (χ0n) is 30.9. The molecule has 2 aliphatic heterocycles. The van der Waals surface area contributed by atoms with Crippen LogP contribution in [0.3, 0.4) is 0 Å². The molecule has 0 bridgehead atoms. The van der Waals surface area contributed by atoms with E-state index in [9.17, 15) is 0 Å². The summed E-state index contributed by atoms with van der Waals surface area (Å²) in [7, 11) is 8.54. The second-order valence-corrected chi connectivity index (χ2v) is 18.6. The Morgan fingerprint density at radius 1 is 0.615 bits per heavy atom. The summed E-state index contributed by atoms with van der Waals surface area (Å²) in [6.45, 7) is 2.09. The first-order valence-electron chi connectivity index (χ1n) is 19.1. The molecular formula is C40H52Cl2N8S2. The number of hydrazine groups is 1. The van der Waals surface area contributed by atoms with Crippen molar-refractivity contribution in [3.05, 3.63) is 57.8 Å². The third-order valence-electron chi connectivity index (χ3n) is 11.1. The number of thioether (sulfide) groups is 2. The Balaban J connectivity index is 1.23. The van der Waals surface area contributed by atoms with Crippen molar-refractivity contribution in [1.82, 2.24) is 19.8 Å². The third kappa shape index (κ3) is 7.76. The molecule has 2 atom stereocenters. The summed E-state index contributed by atoms with van der Waals surface area (Å²) in [6, 6.07) is 14.5. The van der Waals surface area contributed by atoms with E-state index in [0.717, 1.165) is 128 Å². The van der Waals surface area contributed by atoms with Crippen LogP contribution in [-0.4, -0.2) is 107 Å². The average molecular weight is 780 g/mol. The van der Waals surface area contributed by atoms with Crippen molar-refractivity contribution in [2.45, 2.75) is 88.4 Å². The van der Waals surface area contributed by atoms with Crippen molar-refractivity contribution >= 4 is 90.0 Å². The monoisotopic (exact) mass is 778 g/mol. The van der Waals surface area contributed by atoms with Crippen molar-refractivity contribution in [2.75, 3.05) is 62.8 Å². The summed E-state index contributed by atoms with van der Waals surface area (Å²) in [5.41, 5.74) is 6.71. The van der Waals surface area contributed by atoms with E-state index in [2.05, 4.69) is 94.4 Å². The maximum absolute atomic E-state index is 7.05. The first-order valence-corrected chi connectivity index (χ1v) is 21.9. The number of nitrogens with one attached hydrogen (secondary N) is 2. The van der Waals surface area contributed by atoms with Crippen LogP contribution in [0.25, 0.3) is 21.8 Å². The van der Waals surface area contributed by atoms with E-state index in [1.165, 1.54) is 25.7 Å². The van der Waals surface area contributed by atoms with Gasteiger partial charge >= 0.3 is 0 Å². The maximum Gasteiger partial charge on any atom is 0.114 e. The molecule has 8 rings (SSSR count). The molecule has 0 unspecified atom stereocenters. The fourth-order valence-corrected chi connectivity index (χ4v) is 11.1. The lowest BCUT2D eigenvalue weighted by Gasteiger charge is -2.46. The van der Waals surface area contributed by atoms with Crippen LogP contribution in [0, 0.1) is 0 Å². The molecule has 0 spiro atoms. The number of rotatable bonds is 13. The number of aromatic amines is 2. The largest absolute Gasteiger partial charge is 0.351 e. The smallest absolute Gasteiger partial charge is 0.114 e. The molecule has 2 aliphatic carbocycles. The Hall–Kier alpha value is -2.34. The van der Waals surface area contributed by atoms with Crippen LogP contribution in [0.1, 0.15) is 75.6 Å². The van der Waals surface area contributed by atoms with Crippen LogP contribution in [0.2, 0.25) is 10.0 Å². The van der Waals surface area contributed by atoms with Crippen molar-refractivity contribution in [2.24, 2.45) is 9.98 Å². The molecule has 0 saturated heterocycles. The van der Waals surface area contributed by atoms with Gasteiger partial charge < -0.3 is 19.8 Å². The Bertz CT molecular complexity index is 1820. The molecule has 4 aliphatic rings. The number of H-pyrrole nitrogens is 2. The van der Waals surface area contributed by atoms with E-state index in [0.29, 0.717) is 24.2 Å². The summed E-state index contributed by atoms with van der Waals surface area (Å²) < 4.78 is 0. The molecule has 52 heavy (non-hydrogen) atoms. The van der Waals surface area contributed by atoms with E-state index in [1.54, 1.807) is 0 Å². The van der Waals surface area contributed by atoms with Crippen LogP contribution >= 0.6 is 46.7 Å². The summed E-state index contributed by atoms with van der Waals surface area (Å²) >= 11 is 17.8. The minimum Gasteiger partial charge on any atom is -0.351 e. The number of fused-ring (bicyclic) bond motifs is 2. The third-order valence-corrected chi connectivity index (χ3v) is 13.9. The first-order chi connectivity index (χ1) is 25.2. The van der Waals surface area contributed by atoms with Gasteiger partial charge in [-0.2, -0.15) is 0 Å². The van der Waals surface area contributed by atoms with E-state index in [-0.39, 0.29) is 0 Å². The van der Waals surface area contributed by atoms with Gasteiger partial charge in [0.05, 0.1) is 58.0 Å². The van der Waals surface area contributed by atoms with Gasteiger partial charge in [0.25, 0.3) is 0 Å². The number of hydrogen-bond donors (Lipinski definition) is 2. The van der Waals surface area contributed by atoms with Crippen LogP contribution in [0.5, 0.6) is 0 Å². The Labute approximate surface area is 327 Å². The fourth-order valence-electron chi connectivity index (χ4n) is 8.48. The Morgan fingerprint density at radius 3 is 1.40 bits per heavy atom. The van der Waals surface area contributed by atoms with Crippen LogP contribution in [0.15, 0.2) is 46.4 Å². The Morgan fingerprint density at radius 2 is 1.02 bits per heavy atom. The molecule has 2 saturated carbocycles. The van der Waals surface area contributed by atoms with Gasteiger partial charge in [-0.25, -0.2) is 0 Å². The summed E-state index contributed by atoms with van der Waals surface area (Å²) in [6.07, 6.45) is 11.6. The predicted molar refractivity (Wildman–Crippen MR) is 228 cm³/mol. The molecule has 4 heterocycles. The highest BCUT2D eigenvalue weighted by atomic mass is 35.5. The van der Waals surface area contributed by atoms with E-state index in [1.807, 2.05) is 23.5 Å². The number of benzene rings is 2. The minimum absolute atomic E-state index is 0.346. The van der Waals surface area contributed by atoms with E-state index < -0.39 is 0 Å². The first kappa shape index (κ1) is 36.6. The lowest BCUT2D eigenvalue weighted by atomic mass is 10.1. The lowest BCUT2D eigenvalue weighted by Crippen LogP contribution is -2.53. The van der Waals surface area contributed by atoms with Gasteiger partial charge in [0.15, 0.2) is 0 Å². The maximum atomic E-state index is 7.05. The standard InChI is InChI=1S/C40H52Cl2N8S2/c1-47(2)15-13-29-23-51-39(43-29)33-19-25-17-27(41)21-35(37(25)45-33)49(31-9-5-6-10-31)50(32-11-7-8-12-32)36-22-28(42)18-26-20-34(46-38(26)36)40-44-30(24-52-40)14-16-48(3)4/h17-22,29-32,45-46H,5-16,23-24H2,1-4H3/t29-,30-/m1/s1. The second kappa shape index (κ2) is 15.8. The molecule has 12 heteroatoms. The van der Waals surface area contributed by atoms with Gasteiger partial charge in [-0.3, -0.25) is 20.0 Å². The van der Waals surface area contributed by atoms with Crippen LogP contribution in [-0.2, 0) is 0 Å². The summed E-state index contributed by atoms with van der Waals surface area (Å²) in [5, 5.41) is 11.2. The number of halogens is 2. The molecule has 2 aromatic carbocycles.